The normalized spacial score (nSPS) is 16.0. The van der Waals surface area contributed by atoms with Gasteiger partial charge in [-0.05, 0) is 25.0 Å². The molecular formula is C8H8N2O2. The lowest BCUT2D eigenvalue weighted by molar-refractivity contribution is 0.0689. The van der Waals surface area contributed by atoms with Crippen LogP contribution >= 0.6 is 0 Å². The van der Waals surface area contributed by atoms with E-state index in [0.717, 1.165) is 18.5 Å². The van der Waals surface area contributed by atoms with Crippen molar-refractivity contribution in [2.75, 3.05) is 0 Å². The van der Waals surface area contributed by atoms with E-state index in [-0.39, 0.29) is 5.69 Å². The number of aromatic carboxylic acids is 1. The van der Waals surface area contributed by atoms with Crippen LogP contribution in [0.3, 0.4) is 0 Å². The van der Waals surface area contributed by atoms with Gasteiger partial charge in [-0.15, -0.1) is 5.10 Å². The van der Waals surface area contributed by atoms with Crippen molar-refractivity contribution in [3.63, 3.8) is 0 Å². The molecule has 1 fully saturated rings. The fourth-order valence-corrected chi connectivity index (χ4v) is 1.05. The molecule has 0 unspecified atom stereocenters. The zero-order chi connectivity index (χ0) is 8.55. The molecule has 4 nitrogen and oxygen atoms in total. The predicted molar refractivity (Wildman–Crippen MR) is 41.0 cm³/mol. The summed E-state index contributed by atoms with van der Waals surface area (Å²) < 4.78 is 0. The monoisotopic (exact) mass is 164 g/mol. The van der Waals surface area contributed by atoms with Crippen LogP contribution in [0.2, 0.25) is 0 Å². The van der Waals surface area contributed by atoms with Crippen LogP contribution in [-0.4, -0.2) is 21.3 Å². The first-order chi connectivity index (χ1) is 5.77. The van der Waals surface area contributed by atoms with Crippen molar-refractivity contribution in [1.29, 1.82) is 0 Å². The summed E-state index contributed by atoms with van der Waals surface area (Å²) in [6.07, 6.45) is 2.31. The maximum atomic E-state index is 10.4. The van der Waals surface area contributed by atoms with Crippen molar-refractivity contribution < 1.29 is 9.90 Å². The molecule has 0 amide bonds. The molecular weight excluding hydrogens is 156 g/mol. The van der Waals surface area contributed by atoms with Crippen molar-refractivity contribution in [2.24, 2.45) is 0 Å². The molecule has 1 aliphatic rings. The minimum atomic E-state index is -1.02. The summed E-state index contributed by atoms with van der Waals surface area (Å²) in [4.78, 5) is 10.4. The molecule has 62 valence electrons. The Bertz CT molecular complexity index is 303. The van der Waals surface area contributed by atoms with Crippen molar-refractivity contribution in [3.8, 4) is 0 Å². The SMILES string of the molecule is O=C(O)c1ccc(C2CC2)nn1. The van der Waals surface area contributed by atoms with Crippen LogP contribution in [0.4, 0.5) is 0 Å². The van der Waals surface area contributed by atoms with Crippen molar-refractivity contribution in [1.82, 2.24) is 10.2 Å². The molecule has 12 heavy (non-hydrogen) atoms. The quantitative estimate of drug-likeness (QED) is 0.709. The third-order valence-corrected chi connectivity index (χ3v) is 1.90. The van der Waals surface area contributed by atoms with E-state index in [4.69, 9.17) is 5.11 Å². The standard InChI is InChI=1S/C8H8N2O2/c11-8(12)7-4-3-6(9-10-7)5-1-2-5/h3-5H,1-2H2,(H,11,12). The molecule has 0 aromatic carbocycles. The second-order valence-electron chi connectivity index (χ2n) is 2.92. The van der Waals surface area contributed by atoms with E-state index in [0.29, 0.717) is 5.92 Å². The van der Waals surface area contributed by atoms with E-state index in [2.05, 4.69) is 10.2 Å². The Morgan fingerprint density at radius 3 is 2.58 bits per heavy atom. The fraction of sp³-hybridized carbons (Fsp3) is 0.375. The Balaban J connectivity index is 2.24. The van der Waals surface area contributed by atoms with Crippen molar-refractivity contribution in [3.05, 3.63) is 23.5 Å². The molecule has 2 rings (SSSR count). The number of carboxylic acids is 1. The lowest BCUT2D eigenvalue weighted by Crippen LogP contribution is -2.02. The van der Waals surface area contributed by atoms with E-state index >= 15 is 0 Å². The minimum Gasteiger partial charge on any atom is -0.476 e. The summed E-state index contributed by atoms with van der Waals surface area (Å²) in [5.41, 5.74) is 0.930. The largest absolute Gasteiger partial charge is 0.476 e. The van der Waals surface area contributed by atoms with Gasteiger partial charge < -0.3 is 5.11 Å². The van der Waals surface area contributed by atoms with Gasteiger partial charge in [0.2, 0.25) is 0 Å². The third-order valence-electron chi connectivity index (χ3n) is 1.90. The highest BCUT2D eigenvalue weighted by Crippen LogP contribution is 2.38. The number of hydrogen-bond acceptors (Lipinski definition) is 3. The Morgan fingerprint density at radius 2 is 2.17 bits per heavy atom. The number of nitrogens with zero attached hydrogens (tertiary/aromatic N) is 2. The first-order valence-corrected chi connectivity index (χ1v) is 3.84. The van der Waals surface area contributed by atoms with Gasteiger partial charge in [-0.3, -0.25) is 0 Å². The molecule has 0 spiro atoms. The van der Waals surface area contributed by atoms with Crippen LogP contribution in [-0.2, 0) is 0 Å². The lowest BCUT2D eigenvalue weighted by atomic mass is 10.2. The van der Waals surface area contributed by atoms with Gasteiger partial charge in [-0.1, -0.05) is 0 Å². The molecule has 0 bridgehead atoms. The number of carbonyl (C=O) groups is 1. The summed E-state index contributed by atoms with van der Waals surface area (Å²) in [6, 6.07) is 3.25. The summed E-state index contributed by atoms with van der Waals surface area (Å²) in [5.74, 6) is -0.495. The molecule has 1 aromatic rings. The molecule has 0 atom stereocenters. The molecule has 4 heteroatoms. The summed E-state index contributed by atoms with van der Waals surface area (Å²) >= 11 is 0. The van der Waals surface area contributed by atoms with Crippen molar-refractivity contribution in [2.45, 2.75) is 18.8 Å². The number of hydrogen-bond donors (Lipinski definition) is 1. The topological polar surface area (TPSA) is 63.1 Å². The number of aromatic nitrogens is 2. The van der Waals surface area contributed by atoms with Crippen LogP contribution in [0.5, 0.6) is 0 Å². The average molecular weight is 164 g/mol. The van der Waals surface area contributed by atoms with E-state index in [1.54, 1.807) is 6.07 Å². The first kappa shape index (κ1) is 7.21. The molecule has 1 aromatic heterocycles. The molecule has 1 N–H and O–H groups in total. The Labute approximate surface area is 69.2 Å². The van der Waals surface area contributed by atoms with Gasteiger partial charge in [0, 0.05) is 5.92 Å². The second-order valence-corrected chi connectivity index (χ2v) is 2.92. The van der Waals surface area contributed by atoms with Crippen LogP contribution < -0.4 is 0 Å². The van der Waals surface area contributed by atoms with Crippen LogP contribution in [0, 0.1) is 0 Å². The second kappa shape index (κ2) is 2.55. The van der Waals surface area contributed by atoms with Gasteiger partial charge in [0.1, 0.15) is 0 Å². The molecule has 1 saturated carbocycles. The van der Waals surface area contributed by atoms with Gasteiger partial charge in [-0.25, -0.2) is 4.79 Å². The van der Waals surface area contributed by atoms with E-state index < -0.39 is 5.97 Å². The average Bonchev–Trinajstić information content (AvgIpc) is 2.87. The highest BCUT2D eigenvalue weighted by atomic mass is 16.4. The Kier molecular flexibility index (Phi) is 1.53. The Morgan fingerprint density at radius 1 is 1.42 bits per heavy atom. The van der Waals surface area contributed by atoms with Crippen LogP contribution in [0.25, 0.3) is 0 Å². The number of rotatable bonds is 2. The molecule has 1 aliphatic carbocycles. The summed E-state index contributed by atoms with van der Waals surface area (Å²) in [5, 5.41) is 15.9. The maximum Gasteiger partial charge on any atom is 0.356 e. The molecule has 1 heterocycles. The van der Waals surface area contributed by atoms with Gasteiger partial charge in [-0.2, -0.15) is 5.10 Å². The zero-order valence-corrected chi connectivity index (χ0v) is 6.40. The third kappa shape index (κ3) is 1.28. The number of carboxylic acid groups (broad SMARTS) is 1. The van der Waals surface area contributed by atoms with Crippen LogP contribution in [0.1, 0.15) is 34.9 Å². The van der Waals surface area contributed by atoms with Gasteiger partial charge >= 0.3 is 5.97 Å². The zero-order valence-electron chi connectivity index (χ0n) is 6.40. The van der Waals surface area contributed by atoms with Gasteiger partial charge in [0.25, 0.3) is 0 Å². The van der Waals surface area contributed by atoms with E-state index in [9.17, 15) is 4.79 Å². The summed E-state index contributed by atoms with van der Waals surface area (Å²) in [7, 11) is 0. The summed E-state index contributed by atoms with van der Waals surface area (Å²) in [6.45, 7) is 0. The van der Waals surface area contributed by atoms with Crippen molar-refractivity contribution >= 4 is 5.97 Å². The van der Waals surface area contributed by atoms with E-state index in [1.807, 2.05) is 0 Å². The predicted octanol–water partition coefficient (Wildman–Crippen LogP) is 1.05. The molecule has 0 aliphatic heterocycles. The minimum absolute atomic E-state index is 0.0133. The smallest absolute Gasteiger partial charge is 0.356 e. The lowest BCUT2D eigenvalue weighted by Gasteiger charge is -1.95. The van der Waals surface area contributed by atoms with Crippen LogP contribution in [0.15, 0.2) is 12.1 Å². The molecule has 0 radical (unpaired) electrons. The van der Waals surface area contributed by atoms with Gasteiger partial charge in [0.05, 0.1) is 5.69 Å². The first-order valence-electron chi connectivity index (χ1n) is 3.84. The fourth-order valence-electron chi connectivity index (χ4n) is 1.05. The highest BCUT2D eigenvalue weighted by Gasteiger charge is 2.25. The van der Waals surface area contributed by atoms with Gasteiger partial charge in [0.15, 0.2) is 5.69 Å². The maximum absolute atomic E-state index is 10.4. The highest BCUT2D eigenvalue weighted by molar-refractivity contribution is 5.84. The Hall–Kier alpha value is -1.45. The van der Waals surface area contributed by atoms with E-state index in [1.165, 1.54) is 6.07 Å². The molecule has 0 saturated heterocycles.